The van der Waals surface area contributed by atoms with Crippen LogP contribution in [0.1, 0.15) is 19.3 Å². The van der Waals surface area contributed by atoms with Gasteiger partial charge < -0.3 is 15.1 Å². The molecular formula is C14H22ClN5O. The summed E-state index contributed by atoms with van der Waals surface area (Å²) < 4.78 is 0. The summed E-state index contributed by atoms with van der Waals surface area (Å²) in [7, 11) is 0. The molecule has 21 heavy (non-hydrogen) atoms. The normalized spacial score (nSPS) is 22.6. The van der Waals surface area contributed by atoms with Crippen molar-refractivity contribution in [2.24, 2.45) is 0 Å². The average molecular weight is 312 g/mol. The van der Waals surface area contributed by atoms with Crippen LogP contribution in [0, 0.1) is 0 Å². The lowest BCUT2D eigenvalue weighted by molar-refractivity contribution is -0.132. The van der Waals surface area contributed by atoms with Crippen LogP contribution in [-0.4, -0.2) is 59.5 Å². The molecule has 0 bridgehead atoms. The monoisotopic (exact) mass is 311 g/mol. The first-order valence-corrected chi connectivity index (χ1v) is 7.39. The predicted molar refractivity (Wildman–Crippen MR) is 83.7 cm³/mol. The third-order valence-electron chi connectivity index (χ3n) is 4.00. The van der Waals surface area contributed by atoms with Gasteiger partial charge in [0.15, 0.2) is 0 Å². The van der Waals surface area contributed by atoms with Crippen LogP contribution >= 0.6 is 12.4 Å². The zero-order chi connectivity index (χ0) is 13.8. The molecule has 7 heteroatoms. The lowest BCUT2D eigenvalue weighted by Crippen LogP contribution is -2.45. The van der Waals surface area contributed by atoms with E-state index in [2.05, 4.69) is 20.2 Å². The van der Waals surface area contributed by atoms with E-state index < -0.39 is 0 Å². The number of nitrogens with zero attached hydrogens (tertiary/aromatic N) is 4. The molecule has 116 valence electrons. The summed E-state index contributed by atoms with van der Waals surface area (Å²) in [4.78, 5) is 25.1. The highest BCUT2D eigenvalue weighted by Gasteiger charge is 2.28. The summed E-state index contributed by atoms with van der Waals surface area (Å²) in [6.45, 7) is 4.28. The van der Waals surface area contributed by atoms with Crippen molar-refractivity contribution in [3.63, 3.8) is 0 Å². The van der Waals surface area contributed by atoms with Gasteiger partial charge in [0.1, 0.15) is 0 Å². The van der Waals surface area contributed by atoms with Gasteiger partial charge in [0, 0.05) is 38.6 Å². The summed E-state index contributed by atoms with van der Waals surface area (Å²) in [6.07, 6.45) is 6.57. The second-order valence-corrected chi connectivity index (χ2v) is 5.36. The Labute approximate surface area is 131 Å². The molecule has 1 amide bonds. The second-order valence-electron chi connectivity index (χ2n) is 5.36. The van der Waals surface area contributed by atoms with E-state index in [1.54, 1.807) is 12.4 Å². The van der Waals surface area contributed by atoms with Crippen LogP contribution in [0.5, 0.6) is 0 Å². The molecule has 1 aromatic rings. The molecule has 0 saturated carbocycles. The summed E-state index contributed by atoms with van der Waals surface area (Å²) in [5.74, 6) is 1.03. The zero-order valence-electron chi connectivity index (χ0n) is 12.1. The molecule has 0 aliphatic carbocycles. The molecule has 0 aromatic carbocycles. The molecular weight excluding hydrogens is 290 g/mol. The fourth-order valence-electron chi connectivity index (χ4n) is 2.91. The minimum atomic E-state index is 0. The Morgan fingerprint density at radius 1 is 1.14 bits per heavy atom. The third kappa shape index (κ3) is 3.83. The lowest BCUT2D eigenvalue weighted by Gasteiger charge is -2.24. The van der Waals surface area contributed by atoms with Gasteiger partial charge >= 0.3 is 0 Å². The van der Waals surface area contributed by atoms with Gasteiger partial charge in [-0.05, 0) is 31.9 Å². The summed E-state index contributed by atoms with van der Waals surface area (Å²) >= 11 is 0. The first-order valence-electron chi connectivity index (χ1n) is 7.39. The highest BCUT2D eigenvalue weighted by atomic mass is 35.5. The Bertz CT molecular complexity index is 452. The molecule has 6 nitrogen and oxygen atoms in total. The zero-order valence-corrected chi connectivity index (χ0v) is 12.9. The number of anilines is 1. The van der Waals surface area contributed by atoms with E-state index in [4.69, 9.17) is 0 Å². The van der Waals surface area contributed by atoms with Gasteiger partial charge in [-0.1, -0.05) is 0 Å². The van der Waals surface area contributed by atoms with E-state index in [9.17, 15) is 4.79 Å². The van der Waals surface area contributed by atoms with E-state index in [1.165, 1.54) is 0 Å². The highest BCUT2D eigenvalue weighted by molar-refractivity contribution is 5.85. The summed E-state index contributed by atoms with van der Waals surface area (Å²) in [5, 5.41) is 3.29. The van der Waals surface area contributed by atoms with Crippen molar-refractivity contribution >= 4 is 24.3 Å². The van der Waals surface area contributed by atoms with E-state index in [0.29, 0.717) is 0 Å². The molecule has 0 spiro atoms. The molecule has 0 radical (unpaired) electrons. The van der Waals surface area contributed by atoms with Crippen LogP contribution in [0.2, 0.25) is 0 Å². The van der Waals surface area contributed by atoms with Crippen molar-refractivity contribution < 1.29 is 4.79 Å². The van der Waals surface area contributed by atoms with Crippen LogP contribution in [0.25, 0.3) is 0 Å². The molecule has 1 unspecified atom stereocenters. The smallest absolute Gasteiger partial charge is 0.239 e. The van der Waals surface area contributed by atoms with E-state index in [0.717, 1.165) is 57.9 Å². The van der Waals surface area contributed by atoms with E-state index in [1.807, 2.05) is 11.0 Å². The number of hydrogen-bond donors (Lipinski definition) is 1. The van der Waals surface area contributed by atoms with Crippen molar-refractivity contribution in [1.29, 1.82) is 0 Å². The SMILES string of the molecule is Cl.O=C(C1CCCN1)N1CCCN(c2ncccn2)CC1. The van der Waals surface area contributed by atoms with Crippen LogP contribution in [0.3, 0.4) is 0 Å². The van der Waals surface area contributed by atoms with E-state index >= 15 is 0 Å². The Kier molecular flexibility index (Phi) is 5.76. The van der Waals surface area contributed by atoms with Gasteiger partial charge in [0.25, 0.3) is 0 Å². The number of halogens is 1. The number of aromatic nitrogens is 2. The Balaban J connectivity index is 0.00000161. The first kappa shape index (κ1) is 16.0. The Morgan fingerprint density at radius 3 is 2.67 bits per heavy atom. The van der Waals surface area contributed by atoms with Gasteiger partial charge in [-0.15, -0.1) is 12.4 Å². The van der Waals surface area contributed by atoms with Crippen LogP contribution in [0.4, 0.5) is 5.95 Å². The molecule has 1 atom stereocenters. The van der Waals surface area contributed by atoms with Crippen LogP contribution in [-0.2, 0) is 4.79 Å². The first-order chi connectivity index (χ1) is 9.84. The number of nitrogens with one attached hydrogen (secondary N) is 1. The Morgan fingerprint density at radius 2 is 1.95 bits per heavy atom. The molecule has 3 heterocycles. The van der Waals surface area contributed by atoms with E-state index in [-0.39, 0.29) is 24.4 Å². The third-order valence-corrected chi connectivity index (χ3v) is 4.00. The second kappa shape index (κ2) is 7.56. The summed E-state index contributed by atoms with van der Waals surface area (Å²) in [5.41, 5.74) is 0. The average Bonchev–Trinajstić information content (AvgIpc) is 2.92. The van der Waals surface area contributed by atoms with Crippen molar-refractivity contribution in [2.45, 2.75) is 25.3 Å². The largest absolute Gasteiger partial charge is 0.340 e. The lowest BCUT2D eigenvalue weighted by atomic mass is 10.2. The number of rotatable bonds is 2. The van der Waals surface area contributed by atoms with Crippen LogP contribution in [0.15, 0.2) is 18.5 Å². The topological polar surface area (TPSA) is 61.4 Å². The summed E-state index contributed by atoms with van der Waals surface area (Å²) in [6, 6.07) is 1.86. The van der Waals surface area contributed by atoms with Crippen molar-refractivity contribution in [3.05, 3.63) is 18.5 Å². The van der Waals surface area contributed by atoms with Gasteiger partial charge in [0.2, 0.25) is 11.9 Å². The van der Waals surface area contributed by atoms with Crippen molar-refractivity contribution in [3.8, 4) is 0 Å². The minimum absolute atomic E-state index is 0. The molecule has 2 saturated heterocycles. The molecule has 3 rings (SSSR count). The van der Waals surface area contributed by atoms with Crippen molar-refractivity contribution in [1.82, 2.24) is 20.2 Å². The number of amides is 1. The standard InChI is InChI=1S/C14H21N5O.ClH/c20-13(12-4-1-5-15-12)18-8-3-9-19(11-10-18)14-16-6-2-7-17-14;/h2,6-7,12,15H,1,3-5,8-11H2;1H. The van der Waals surface area contributed by atoms with Gasteiger partial charge in [-0.3, -0.25) is 4.79 Å². The quantitative estimate of drug-likeness (QED) is 0.871. The highest BCUT2D eigenvalue weighted by Crippen LogP contribution is 2.13. The van der Waals surface area contributed by atoms with Gasteiger partial charge in [0.05, 0.1) is 6.04 Å². The van der Waals surface area contributed by atoms with Crippen molar-refractivity contribution in [2.75, 3.05) is 37.6 Å². The number of carbonyl (C=O) groups is 1. The Hall–Kier alpha value is -1.40. The molecule has 2 aliphatic rings. The van der Waals surface area contributed by atoms with Crippen LogP contribution < -0.4 is 10.2 Å². The number of hydrogen-bond acceptors (Lipinski definition) is 5. The number of carbonyl (C=O) groups excluding carboxylic acids is 1. The maximum absolute atomic E-state index is 12.4. The van der Waals surface area contributed by atoms with Gasteiger partial charge in [-0.2, -0.15) is 0 Å². The minimum Gasteiger partial charge on any atom is -0.340 e. The fraction of sp³-hybridized carbons (Fsp3) is 0.643. The molecule has 2 aliphatic heterocycles. The maximum atomic E-state index is 12.4. The maximum Gasteiger partial charge on any atom is 0.239 e. The predicted octanol–water partition coefficient (Wildman–Crippen LogP) is 0.689. The molecule has 1 aromatic heterocycles. The fourth-order valence-corrected chi connectivity index (χ4v) is 2.91. The molecule has 2 fully saturated rings. The van der Waals surface area contributed by atoms with Gasteiger partial charge in [-0.25, -0.2) is 9.97 Å². The molecule has 1 N–H and O–H groups in total.